The maximum Gasteiger partial charge on any atom is 0.311 e. The summed E-state index contributed by atoms with van der Waals surface area (Å²) in [5.74, 6) is 0.659. The lowest BCUT2D eigenvalue weighted by atomic mass is 9.77. The van der Waals surface area contributed by atoms with Crippen molar-refractivity contribution in [3.05, 3.63) is 28.8 Å². The highest BCUT2D eigenvalue weighted by atomic mass is 16.5. The van der Waals surface area contributed by atoms with Gasteiger partial charge in [0.05, 0.1) is 6.42 Å². The normalized spacial score (nSPS) is 16.0. The third-order valence-electron chi connectivity index (χ3n) is 3.69. The summed E-state index contributed by atoms with van der Waals surface area (Å²) in [6, 6.07) is 4.33. The first-order valence-electron chi connectivity index (χ1n) is 6.97. The molecule has 0 atom stereocenters. The molecule has 104 valence electrons. The number of esters is 1. The number of benzene rings is 1. The second kappa shape index (κ2) is 4.36. The largest absolute Gasteiger partial charge is 0.426 e. The third-order valence-corrected chi connectivity index (χ3v) is 3.69. The van der Waals surface area contributed by atoms with Gasteiger partial charge in [-0.05, 0) is 40.0 Å². The zero-order valence-electron chi connectivity index (χ0n) is 12.9. The van der Waals surface area contributed by atoms with Crippen LogP contribution in [0.2, 0.25) is 0 Å². The minimum atomic E-state index is -0.113. The van der Waals surface area contributed by atoms with Gasteiger partial charge in [0.15, 0.2) is 0 Å². The number of hydrogen-bond donors (Lipinski definition) is 0. The summed E-state index contributed by atoms with van der Waals surface area (Å²) in [7, 11) is 0. The molecule has 0 fully saturated rings. The van der Waals surface area contributed by atoms with E-state index in [1.807, 2.05) is 6.07 Å². The van der Waals surface area contributed by atoms with Crippen LogP contribution in [0.15, 0.2) is 12.1 Å². The van der Waals surface area contributed by atoms with Crippen LogP contribution in [0, 0.1) is 0 Å². The van der Waals surface area contributed by atoms with Crippen LogP contribution in [0.4, 0.5) is 0 Å². The predicted octanol–water partition coefficient (Wildman–Crippen LogP) is 4.13. The molecular weight excluding hydrogens is 236 g/mol. The first kappa shape index (κ1) is 14.1. The molecule has 1 aromatic rings. The summed E-state index contributed by atoms with van der Waals surface area (Å²) >= 11 is 0. The monoisotopic (exact) mass is 260 g/mol. The molecule has 0 amide bonds. The lowest BCUT2D eigenvalue weighted by Crippen LogP contribution is -2.24. The fraction of sp³-hybridized carbons (Fsp3) is 0.588. The fourth-order valence-corrected chi connectivity index (χ4v) is 2.50. The van der Waals surface area contributed by atoms with Gasteiger partial charge in [-0.3, -0.25) is 4.79 Å². The Labute approximate surface area is 116 Å². The lowest BCUT2D eigenvalue weighted by Gasteiger charge is -2.30. The van der Waals surface area contributed by atoms with E-state index in [4.69, 9.17) is 4.74 Å². The quantitative estimate of drug-likeness (QED) is 0.518. The molecule has 2 heteroatoms. The first-order chi connectivity index (χ1) is 8.59. The lowest BCUT2D eigenvalue weighted by molar-refractivity contribution is -0.135. The Morgan fingerprint density at radius 1 is 0.947 bits per heavy atom. The topological polar surface area (TPSA) is 26.3 Å². The van der Waals surface area contributed by atoms with Gasteiger partial charge in [-0.1, -0.05) is 47.6 Å². The molecule has 0 bridgehead atoms. The molecule has 2 nitrogen and oxygen atoms in total. The summed E-state index contributed by atoms with van der Waals surface area (Å²) in [6.45, 7) is 13.2. The molecule has 0 N–H and O–H groups in total. The highest BCUT2D eigenvalue weighted by Gasteiger charge is 2.28. The van der Waals surface area contributed by atoms with E-state index in [-0.39, 0.29) is 16.8 Å². The van der Waals surface area contributed by atoms with Gasteiger partial charge in [0.25, 0.3) is 0 Å². The van der Waals surface area contributed by atoms with Gasteiger partial charge in [-0.15, -0.1) is 0 Å². The number of carbonyl (C=O) groups excluding carboxylic acids is 1. The molecule has 0 spiro atoms. The average Bonchev–Trinajstić information content (AvgIpc) is 2.24. The van der Waals surface area contributed by atoms with Crippen LogP contribution in [0.3, 0.4) is 0 Å². The van der Waals surface area contributed by atoms with E-state index in [1.54, 1.807) is 0 Å². The molecular formula is C17H24O2. The van der Waals surface area contributed by atoms with E-state index < -0.39 is 0 Å². The zero-order chi connectivity index (χ0) is 14.4. The van der Waals surface area contributed by atoms with Crippen LogP contribution in [0.5, 0.6) is 5.75 Å². The standard InChI is InChI=1S/C17H24O2/c1-16(2,3)11-9-13(17(4,5)6)12-7-8-15(18)19-14(12)10-11/h9-10H,7-8H2,1-6H3. The molecule has 1 aliphatic heterocycles. The van der Waals surface area contributed by atoms with Crippen molar-refractivity contribution in [2.45, 2.75) is 65.2 Å². The van der Waals surface area contributed by atoms with Gasteiger partial charge in [0.1, 0.15) is 5.75 Å². The van der Waals surface area contributed by atoms with E-state index in [2.05, 4.69) is 47.6 Å². The summed E-state index contributed by atoms with van der Waals surface area (Å²) in [4.78, 5) is 11.5. The van der Waals surface area contributed by atoms with Crippen LogP contribution in [-0.4, -0.2) is 5.97 Å². The molecule has 1 heterocycles. The SMILES string of the molecule is CC(C)(C)c1cc2c(c(C(C)(C)C)c1)CCC(=O)O2. The Morgan fingerprint density at radius 2 is 1.58 bits per heavy atom. The first-order valence-corrected chi connectivity index (χ1v) is 6.97. The van der Waals surface area contributed by atoms with E-state index in [0.29, 0.717) is 6.42 Å². The van der Waals surface area contributed by atoms with Crippen molar-refractivity contribution < 1.29 is 9.53 Å². The molecule has 1 aromatic carbocycles. The van der Waals surface area contributed by atoms with Crippen molar-refractivity contribution in [1.29, 1.82) is 0 Å². The molecule has 1 aliphatic rings. The Balaban J connectivity index is 2.65. The minimum Gasteiger partial charge on any atom is -0.426 e. The summed E-state index contributed by atoms with van der Waals surface area (Å²) in [6.07, 6.45) is 1.29. The van der Waals surface area contributed by atoms with Crippen LogP contribution < -0.4 is 4.74 Å². The third kappa shape index (κ3) is 2.83. The van der Waals surface area contributed by atoms with Crippen molar-refractivity contribution in [1.82, 2.24) is 0 Å². The van der Waals surface area contributed by atoms with Crippen molar-refractivity contribution in [3.8, 4) is 5.75 Å². The Bertz CT molecular complexity index is 513. The predicted molar refractivity (Wildman–Crippen MR) is 77.8 cm³/mol. The van der Waals surface area contributed by atoms with E-state index in [9.17, 15) is 4.79 Å². The summed E-state index contributed by atoms with van der Waals surface area (Å²) in [5.41, 5.74) is 3.86. The van der Waals surface area contributed by atoms with Crippen molar-refractivity contribution in [3.63, 3.8) is 0 Å². The zero-order valence-corrected chi connectivity index (χ0v) is 12.9. The van der Waals surface area contributed by atoms with Crippen LogP contribution in [0.1, 0.15) is 64.7 Å². The minimum absolute atomic E-state index is 0.0544. The van der Waals surface area contributed by atoms with Gasteiger partial charge < -0.3 is 4.74 Å². The van der Waals surface area contributed by atoms with Gasteiger partial charge >= 0.3 is 5.97 Å². The van der Waals surface area contributed by atoms with Gasteiger partial charge in [-0.2, -0.15) is 0 Å². The van der Waals surface area contributed by atoms with E-state index >= 15 is 0 Å². The molecule has 19 heavy (non-hydrogen) atoms. The van der Waals surface area contributed by atoms with Crippen LogP contribution >= 0.6 is 0 Å². The summed E-state index contributed by atoms with van der Waals surface area (Å²) < 4.78 is 5.46. The number of ether oxygens (including phenoxy) is 1. The molecule has 0 aromatic heterocycles. The molecule has 0 aliphatic carbocycles. The Kier molecular flexibility index (Phi) is 3.24. The van der Waals surface area contributed by atoms with Gasteiger partial charge in [0, 0.05) is 0 Å². The molecule has 2 rings (SSSR count). The molecule has 0 saturated carbocycles. The second-order valence-corrected chi connectivity index (χ2v) is 7.47. The second-order valence-electron chi connectivity index (χ2n) is 7.47. The van der Waals surface area contributed by atoms with Crippen molar-refractivity contribution in [2.24, 2.45) is 0 Å². The molecule has 0 radical (unpaired) electrons. The van der Waals surface area contributed by atoms with Crippen LogP contribution in [0.25, 0.3) is 0 Å². The summed E-state index contributed by atoms with van der Waals surface area (Å²) in [5, 5.41) is 0. The smallest absolute Gasteiger partial charge is 0.311 e. The van der Waals surface area contributed by atoms with Crippen molar-refractivity contribution >= 4 is 5.97 Å². The highest BCUT2D eigenvalue weighted by Crippen LogP contribution is 2.39. The Morgan fingerprint density at radius 3 is 2.11 bits per heavy atom. The number of fused-ring (bicyclic) bond motifs is 1. The van der Waals surface area contributed by atoms with Crippen molar-refractivity contribution in [2.75, 3.05) is 0 Å². The number of carbonyl (C=O) groups is 1. The Hall–Kier alpha value is -1.31. The molecule has 0 saturated heterocycles. The molecule has 0 unspecified atom stereocenters. The highest BCUT2D eigenvalue weighted by molar-refractivity contribution is 5.76. The number of hydrogen-bond acceptors (Lipinski definition) is 2. The van der Waals surface area contributed by atoms with Gasteiger partial charge in [0.2, 0.25) is 0 Å². The average molecular weight is 260 g/mol. The van der Waals surface area contributed by atoms with E-state index in [1.165, 1.54) is 16.7 Å². The van der Waals surface area contributed by atoms with Crippen LogP contribution in [-0.2, 0) is 22.0 Å². The fourth-order valence-electron chi connectivity index (χ4n) is 2.50. The number of rotatable bonds is 0. The van der Waals surface area contributed by atoms with E-state index in [0.717, 1.165) is 12.2 Å². The van der Waals surface area contributed by atoms with Gasteiger partial charge in [-0.25, -0.2) is 0 Å². The maximum atomic E-state index is 11.5. The maximum absolute atomic E-state index is 11.5.